The van der Waals surface area contributed by atoms with E-state index >= 15 is 0 Å². The molecule has 0 radical (unpaired) electrons. The van der Waals surface area contributed by atoms with Gasteiger partial charge in [-0.25, -0.2) is 0 Å². The van der Waals surface area contributed by atoms with E-state index in [1.807, 2.05) is 43.2 Å². The van der Waals surface area contributed by atoms with Gasteiger partial charge in [0, 0.05) is 62.0 Å². The molecule has 150 valence electrons. The average molecular weight is 398 g/mol. The lowest BCUT2D eigenvalue weighted by molar-refractivity contribution is 0.474. The highest BCUT2D eigenvalue weighted by atomic mass is 15.3. The fraction of sp³-hybridized carbons (Fsp3) is 0.318. The minimum atomic E-state index is 0.384. The second-order valence-corrected chi connectivity index (χ2v) is 7.80. The van der Waals surface area contributed by atoms with Gasteiger partial charge in [-0.05, 0) is 18.9 Å². The molecule has 0 aliphatic carbocycles. The molecule has 1 aliphatic heterocycles. The van der Waals surface area contributed by atoms with Crippen LogP contribution in [0.1, 0.15) is 30.1 Å². The summed E-state index contributed by atoms with van der Waals surface area (Å²) in [4.78, 5) is 6.73. The molecule has 4 heterocycles. The maximum Gasteiger partial charge on any atom is 0.135 e. The van der Waals surface area contributed by atoms with Crippen LogP contribution in [0.15, 0.2) is 43.1 Å². The highest BCUT2D eigenvalue weighted by Gasteiger charge is 2.27. The molecule has 5 rings (SSSR count). The maximum absolute atomic E-state index is 9.85. The number of pyridine rings is 1. The van der Waals surface area contributed by atoms with Crippen molar-refractivity contribution < 1.29 is 0 Å². The lowest BCUT2D eigenvalue weighted by atomic mass is 9.93. The Hall–Kier alpha value is -3.73. The summed E-state index contributed by atoms with van der Waals surface area (Å²) >= 11 is 0. The summed E-state index contributed by atoms with van der Waals surface area (Å²) in [5.74, 6) is 1.42. The number of para-hydroxylation sites is 1. The highest BCUT2D eigenvalue weighted by molar-refractivity contribution is 5.98. The van der Waals surface area contributed by atoms with Crippen LogP contribution in [0, 0.1) is 11.3 Å². The number of nitriles is 1. The van der Waals surface area contributed by atoms with Gasteiger partial charge < -0.3 is 9.47 Å². The molecule has 0 unspecified atom stereocenters. The van der Waals surface area contributed by atoms with Crippen molar-refractivity contribution in [2.45, 2.75) is 18.8 Å². The van der Waals surface area contributed by atoms with Crippen LogP contribution in [0.25, 0.3) is 22.0 Å². The smallest absolute Gasteiger partial charge is 0.135 e. The summed E-state index contributed by atoms with van der Waals surface area (Å²) in [5, 5.41) is 23.7. The van der Waals surface area contributed by atoms with E-state index in [0.29, 0.717) is 11.5 Å². The second-order valence-electron chi connectivity index (χ2n) is 7.80. The number of nitrogens with zero attached hydrogens (tertiary/aromatic N) is 8. The average Bonchev–Trinajstić information content (AvgIpc) is 3.37. The van der Waals surface area contributed by atoms with Gasteiger partial charge in [-0.15, -0.1) is 10.2 Å². The zero-order valence-corrected chi connectivity index (χ0v) is 17.0. The van der Waals surface area contributed by atoms with Crippen molar-refractivity contribution in [3.8, 4) is 17.2 Å². The lowest BCUT2D eigenvalue weighted by Gasteiger charge is -2.35. The first-order valence-corrected chi connectivity index (χ1v) is 10.1. The Kier molecular flexibility index (Phi) is 4.43. The Morgan fingerprint density at radius 1 is 1.10 bits per heavy atom. The van der Waals surface area contributed by atoms with Gasteiger partial charge in [0.1, 0.15) is 23.7 Å². The first-order valence-electron chi connectivity index (χ1n) is 10.1. The number of piperidine rings is 1. The van der Waals surface area contributed by atoms with Crippen LogP contribution >= 0.6 is 0 Å². The normalized spacial score (nSPS) is 14.9. The Balaban J connectivity index is 1.55. The summed E-state index contributed by atoms with van der Waals surface area (Å²) < 4.78 is 3.81. The largest absolute Gasteiger partial charge is 0.370 e. The van der Waals surface area contributed by atoms with E-state index in [-0.39, 0.29) is 0 Å². The Morgan fingerprint density at radius 3 is 2.67 bits per heavy atom. The maximum atomic E-state index is 9.85. The molecule has 3 aromatic heterocycles. The van der Waals surface area contributed by atoms with Gasteiger partial charge in [0.15, 0.2) is 0 Å². The number of hydrogen-bond acceptors (Lipinski definition) is 6. The SMILES string of the molecule is Cn1cc2c(-c3cccc(C#N)c3N3CCC(c4nncn4C)CC3)cncc2n1. The molecule has 0 saturated carbocycles. The van der Waals surface area contributed by atoms with Crippen LogP contribution in [0.3, 0.4) is 0 Å². The van der Waals surface area contributed by atoms with E-state index in [9.17, 15) is 5.26 Å². The van der Waals surface area contributed by atoms with Crippen LogP contribution in [0.4, 0.5) is 5.69 Å². The number of fused-ring (bicyclic) bond motifs is 1. The molecule has 8 heteroatoms. The molecule has 4 aromatic rings. The van der Waals surface area contributed by atoms with E-state index in [2.05, 4.69) is 37.3 Å². The fourth-order valence-electron chi connectivity index (χ4n) is 4.49. The minimum Gasteiger partial charge on any atom is -0.370 e. The third-order valence-corrected chi connectivity index (χ3v) is 5.92. The third kappa shape index (κ3) is 2.99. The number of hydrogen-bond donors (Lipinski definition) is 0. The molecule has 30 heavy (non-hydrogen) atoms. The van der Waals surface area contributed by atoms with E-state index in [0.717, 1.165) is 59.5 Å². The molecular formula is C22H22N8. The van der Waals surface area contributed by atoms with Crippen molar-refractivity contribution in [3.63, 3.8) is 0 Å². The molecule has 1 saturated heterocycles. The molecule has 0 bridgehead atoms. The Bertz CT molecular complexity index is 1250. The predicted octanol–water partition coefficient (Wildman–Crippen LogP) is 3.02. The van der Waals surface area contributed by atoms with Crippen molar-refractivity contribution >= 4 is 16.6 Å². The van der Waals surface area contributed by atoms with Crippen molar-refractivity contribution in [1.82, 2.24) is 29.5 Å². The van der Waals surface area contributed by atoms with E-state index < -0.39 is 0 Å². The van der Waals surface area contributed by atoms with Crippen molar-refractivity contribution in [2.24, 2.45) is 14.1 Å². The second kappa shape index (κ2) is 7.26. The molecule has 8 nitrogen and oxygen atoms in total. The fourth-order valence-corrected chi connectivity index (χ4v) is 4.49. The molecule has 1 fully saturated rings. The highest BCUT2D eigenvalue weighted by Crippen LogP contribution is 2.39. The van der Waals surface area contributed by atoms with Gasteiger partial charge in [-0.3, -0.25) is 9.67 Å². The number of benzene rings is 1. The van der Waals surface area contributed by atoms with Gasteiger partial charge in [-0.2, -0.15) is 10.4 Å². The van der Waals surface area contributed by atoms with Gasteiger partial charge in [-0.1, -0.05) is 12.1 Å². The summed E-state index contributed by atoms with van der Waals surface area (Å²) in [6.45, 7) is 1.72. The van der Waals surface area contributed by atoms with Crippen LogP contribution in [0.2, 0.25) is 0 Å². The topological polar surface area (TPSA) is 88.5 Å². The summed E-state index contributed by atoms with van der Waals surface area (Å²) in [6.07, 6.45) is 9.36. The molecule has 0 atom stereocenters. The lowest BCUT2D eigenvalue weighted by Crippen LogP contribution is -2.34. The number of rotatable bonds is 3. The number of aryl methyl sites for hydroxylation is 2. The monoisotopic (exact) mass is 398 g/mol. The van der Waals surface area contributed by atoms with Crippen LogP contribution in [0.5, 0.6) is 0 Å². The standard InChI is InChI=1S/C22H22N8/c1-28-14-25-26-22(28)15-6-8-30(9-7-15)21-16(10-23)4-3-5-17(21)18-11-24-12-20-19(18)13-29(2)27-20/h3-5,11-15H,6-9H2,1-2H3. The molecule has 0 N–H and O–H groups in total. The third-order valence-electron chi connectivity index (χ3n) is 5.92. The van der Waals surface area contributed by atoms with Gasteiger partial charge in [0.25, 0.3) is 0 Å². The van der Waals surface area contributed by atoms with Crippen molar-refractivity contribution in [1.29, 1.82) is 5.26 Å². The molecule has 0 amide bonds. The number of aromatic nitrogens is 6. The van der Waals surface area contributed by atoms with Gasteiger partial charge in [0.05, 0.1) is 17.4 Å². The van der Waals surface area contributed by atoms with Crippen LogP contribution in [-0.4, -0.2) is 42.6 Å². The van der Waals surface area contributed by atoms with Crippen LogP contribution < -0.4 is 4.90 Å². The van der Waals surface area contributed by atoms with Crippen LogP contribution in [-0.2, 0) is 14.1 Å². The minimum absolute atomic E-state index is 0.384. The first kappa shape index (κ1) is 18.3. The van der Waals surface area contributed by atoms with Crippen molar-refractivity contribution in [3.05, 3.63) is 54.5 Å². The van der Waals surface area contributed by atoms with E-state index in [1.54, 1.807) is 17.2 Å². The van der Waals surface area contributed by atoms with Gasteiger partial charge >= 0.3 is 0 Å². The summed E-state index contributed by atoms with van der Waals surface area (Å²) in [7, 11) is 3.90. The molecule has 0 spiro atoms. The summed E-state index contributed by atoms with van der Waals surface area (Å²) in [5.41, 5.74) is 4.55. The van der Waals surface area contributed by atoms with Crippen molar-refractivity contribution in [2.75, 3.05) is 18.0 Å². The predicted molar refractivity (Wildman–Crippen MR) is 114 cm³/mol. The molecule has 1 aliphatic rings. The van der Waals surface area contributed by atoms with E-state index in [1.165, 1.54) is 0 Å². The number of anilines is 1. The summed E-state index contributed by atoms with van der Waals surface area (Å²) in [6, 6.07) is 8.31. The van der Waals surface area contributed by atoms with E-state index in [4.69, 9.17) is 0 Å². The zero-order valence-electron chi connectivity index (χ0n) is 17.0. The zero-order chi connectivity index (χ0) is 20.7. The molecule has 1 aromatic carbocycles. The Morgan fingerprint density at radius 2 is 1.93 bits per heavy atom. The molecular weight excluding hydrogens is 376 g/mol. The van der Waals surface area contributed by atoms with Gasteiger partial charge in [0.2, 0.25) is 0 Å². The first-order chi connectivity index (χ1) is 14.7. The Labute approximate surface area is 174 Å². The quantitative estimate of drug-likeness (QED) is 0.527.